The van der Waals surface area contributed by atoms with Crippen molar-refractivity contribution in [2.75, 3.05) is 12.4 Å². The van der Waals surface area contributed by atoms with Crippen LogP contribution in [0.3, 0.4) is 0 Å². The van der Waals surface area contributed by atoms with Gasteiger partial charge in [-0.25, -0.2) is 13.2 Å². The fourth-order valence-electron chi connectivity index (χ4n) is 3.24. The van der Waals surface area contributed by atoms with Crippen LogP contribution >= 0.6 is 11.8 Å². The van der Waals surface area contributed by atoms with Crippen molar-refractivity contribution in [3.63, 3.8) is 0 Å². The number of hydrogen-bond acceptors (Lipinski definition) is 6. The number of carbonyl (C=O) groups is 2. The van der Waals surface area contributed by atoms with Crippen LogP contribution in [0.15, 0.2) is 29.2 Å². The predicted molar refractivity (Wildman–Crippen MR) is 127 cm³/mol. The van der Waals surface area contributed by atoms with Gasteiger partial charge in [-0.3, -0.25) is 10.2 Å². The molecular weight excluding hydrogens is 448 g/mol. The van der Waals surface area contributed by atoms with Crippen molar-refractivity contribution >= 4 is 33.7 Å². The molecule has 0 radical (unpaired) electrons. The quantitative estimate of drug-likeness (QED) is 0.421. The van der Waals surface area contributed by atoms with E-state index < -0.39 is 21.9 Å². The first-order valence-corrected chi connectivity index (χ1v) is 12.8. The fraction of sp³-hybridized carbons (Fsp3) is 0.391. The molecule has 0 unspecified atom stereocenters. The van der Waals surface area contributed by atoms with Gasteiger partial charge in [-0.15, -0.1) is 16.6 Å². The molecule has 0 heterocycles. The second-order valence-corrected chi connectivity index (χ2v) is 10.2. The zero-order valence-corrected chi connectivity index (χ0v) is 20.9. The van der Waals surface area contributed by atoms with Gasteiger partial charge in [0.15, 0.2) is 0 Å². The van der Waals surface area contributed by atoms with Crippen molar-refractivity contribution < 1.29 is 22.7 Å². The summed E-state index contributed by atoms with van der Waals surface area (Å²) in [6.07, 6.45) is 0. The summed E-state index contributed by atoms with van der Waals surface area (Å²) in [5.41, 5.74) is 9.96. The Morgan fingerprint density at radius 3 is 1.97 bits per heavy atom. The van der Waals surface area contributed by atoms with Crippen molar-refractivity contribution in [3.05, 3.63) is 63.2 Å². The topological polar surface area (TPSA) is 102 Å². The van der Waals surface area contributed by atoms with E-state index in [9.17, 15) is 18.0 Å². The summed E-state index contributed by atoms with van der Waals surface area (Å²) in [6.45, 7) is 12.4. The summed E-state index contributed by atoms with van der Waals surface area (Å²) in [5.74, 6) is -0.207. The number of ether oxygens (including phenoxy) is 1. The summed E-state index contributed by atoms with van der Waals surface area (Å²) in [5, 5.41) is 0. The number of amides is 1. The van der Waals surface area contributed by atoms with Crippen LogP contribution in [-0.4, -0.2) is 32.7 Å². The Labute approximate surface area is 194 Å². The Morgan fingerprint density at radius 2 is 1.44 bits per heavy atom. The Kier molecular flexibility index (Phi) is 8.89. The van der Waals surface area contributed by atoms with E-state index in [2.05, 4.69) is 44.9 Å². The average molecular weight is 479 g/mol. The molecule has 9 heteroatoms. The lowest BCUT2D eigenvalue weighted by molar-refractivity contribution is -0.119. The lowest BCUT2D eigenvalue weighted by Crippen LogP contribution is -2.42. The maximum Gasteiger partial charge on any atom is 0.338 e. The lowest BCUT2D eigenvalue weighted by Gasteiger charge is -2.18. The maximum absolute atomic E-state index is 12.4. The molecule has 7 nitrogen and oxygen atoms in total. The van der Waals surface area contributed by atoms with Crippen LogP contribution in [0.5, 0.6) is 0 Å². The van der Waals surface area contributed by atoms with Crippen LogP contribution < -0.4 is 10.3 Å². The Morgan fingerprint density at radius 1 is 0.906 bits per heavy atom. The number of esters is 1. The molecule has 2 rings (SSSR count). The molecule has 0 saturated carbocycles. The standard InChI is InChI=1S/C23H30N2O5S2/c1-7-30-23(27)19-8-10-20(11-9-19)32(28,29)25-24-22(26)13-31-12-21-17(5)15(3)14(2)16(4)18(21)6/h8-11,25H,7,12-13H2,1-6H3,(H,24,26). The van der Waals surface area contributed by atoms with Gasteiger partial charge in [0.2, 0.25) is 5.91 Å². The highest BCUT2D eigenvalue weighted by molar-refractivity contribution is 7.99. The Hall–Kier alpha value is -2.36. The van der Waals surface area contributed by atoms with E-state index in [1.807, 2.05) is 0 Å². The van der Waals surface area contributed by atoms with Crippen molar-refractivity contribution in [2.24, 2.45) is 0 Å². The van der Waals surface area contributed by atoms with Crippen LogP contribution in [0.2, 0.25) is 0 Å². The molecule has 0 aliphatic carbocycles. The maximum atomic E-state index is 12.4. The Balaban J connectivity index is 1.92. The third-order valence-electron chi connectivity index (χ3n) is 5.64. The molecule has 0 atom stereocenters. The van der Waals surface area contributed by atoms with E-state index >= 15 is 0 Å². The second-order valence-electron chi connectivity index (χ2n) is 7.49. The number of hydrazine groups is 1. The monoisotopic (exact) mass is 478 g/mol. The number of hydrogen-bond donors (Lipinski definition) is 2. The van der Waals surface area contributed by atoms with Gasteiger partial charge in [0.05, 0.1) is 22.8 Å². The summed E-state index contributed by atoms with van der Waals surface area (Å²) in [6, 6.07) is 5.28. The summed E-state index contributed by atoms with van der Waals surface area (Å²) in [4.78, 5) is 25.9. The van der Waals surface area contributed by atoms with E-state index in [1.54, 1.807) is 6.92 Å². The minimum absolute atomic E-state index is 0.0737. The molecule has 0 bridgehead atoms. The molecule has 0 aliphatic rings. The largest absolute Gasteiger partial charge is 0.462 e. The van der Waals surface area contributed by atoms with Crippen LogP contribution in [0, 0.1) is 34.6 Å². The molecular formula is C23H30N2O5S2. The van der Waals surface area contributed by atoms with Crippen molar-refractivity contribution in [2.45, 2.75) is 52.2 Å². The first kappa shape index (κ1) is 25.9. The Bertz CT molecular complexity index is 1080. The average Bonchev–Trinajstić information content (AvgIpc) is 2.77. The van der Waals surface area contributed by atoms with Gasteiger partial charge >= 0.3 is 5.97 Å². The van der Waals surface area contributed by atoms with Crippen molar-refractivity contribution in [1.29, 1.82) is 0 Å². The van der Waals surface area contributed by atoms with E-state index in [4.69, 9.17) is 4.74 Å². The zero-order valence-electron chi connectivity index (χ0n) is 19.3. The first-order chi connectivity index (χ1) is 15.0. The SMILES string of the molecule is CCOC(=O)c1ccc(S(=O)(=O)NNC(=O)CSCc2c(C)c(C)c(C)c(C)c2C)cc1. The molecule has 0 aromatic heterocycles. The van der Waals surface area contributed by atoms with E-state index in [0.717, 1.165) is 0 Å². The third-order valence-corrected chi connectivity index (χ3v) is 7.86. The number of nitrogens with one attached hydrogen (secondary N) is 2. The number of thioether (sulfide) groups is 1. The molecule has 2 aromatic carbocycles. The normalized spacial score (nSPS) is 11.3. The molecule has 174 valence electrons. The van der Waals surface area contributed by atoms with Gasteiger partial charge in [-0.05, 0) is 99.2 Å². The lowest BCUT2D eigenvalue weighted by atomic mass is 9.90. The van der Waals surface area contributed by atoms with Crippen LogP contribution in [0.4, 0.5) is 0 Å². The number of benzene rings is 2. The summed E-state index contributed by atoms with van der Waals surface area (Å²) in [7, 11) is -3.96. The van der Waals surface area contributed by atoms with E-state index in [1.165, 1.54) is 69.4 Å². The molecule has 2 N–H and O–H groups in total. The highest BCUT2D eigenvalue weighted by Gasteiger charge is 2.17. The molecule has 0 spiro atoms. The van der Waals surface area contributed by atoms with Crippen LogP contribution in [0.25, 0.3) is 0 Å². The number of rotatable bonds is 9. The fourth-order valence-corrected chi connectivity index (χ4v) is 5.10. The van der Waals surface area contributed by atoms with Crippen molar-refractivity contribution in [1.82, 2.24) is 10.3 Å². The molecule has 1 amide bonds. The molecule has 0 saturated heterocycles. The van der Waals surface area contributed by atoms with Crippen LogP contribution in [-0.2, 0) is 25.3 Å². The smallest absolute Gasteiger partial charge is 0.338 e. The minimum Gasteiger partial charge on any atom is -0.462 e. The molecule has 0 fully saturated rings. The number of carbonyl (C=O) groups excluding carboxylic acids is 2. The number of sulfonamides is 1. The predicted octanol–water partition coefficient (Wildman–Crippen LogP) is 3.65. The summed E-state index contributed by atoms with van der Waals surface area (Å²) >= 11 is 1.42. The van der Waals surface area contributed by atoms with Gasteiger partial charge < -0.3 is 4.74 Å². The van der Waals surface area contributed by atoms with Crippen molar-refractivity contribution in [3.8, 4) is 0 Å². The second kappa shape index (κ2) is 11.0. The van der Waals surface area contributed by atoms with Gasteiger partial charge in [-0.2, -0.15) is 0 Å². The first-order valence-electron chi connectivity index (χ1n) is 10.2. The molecule has 0 aliphatic heterocycles. The van der Waals surface area contributed by atoms with Gasteiger partial charge in [-0.1, -0.05) is 0 Å². The zero-order chi connectivity index (χ0) is 24.1. The highest BCUT2D eigenvalue weighted by Crippen LogP contribution is 2.28. The van der Waals surface area contributed by atoms with Crippen LogP contribution in [0.1, 0.15) is 50.7 Å². The van der Waals surface area contributed by atoms with E-state index in [0.29, 0.717) is 5.75 Å². The van der Waals surface area contributed by atoms with Gasteiger partial charge in [0.1, 0.15) is 0 Å². The summed E-state index contributed by atoms with van der Waals surface area (Å²) < 4.78 is 29.6. The minimum atomic E-state index is -3.96. The molecule has 32 heavy (non-hydrogen) atoms. The van der Waals surface area contributed by atoms with E-state index in [-0.39, 0.29) is 22.8 Å². The van der Waals surface area contributed by atoms with Gasteiger partial charge in [0, 0.05) is 5.75 Å². The third kappa shape index (κ3) is 6.11. The van der Waals surface area contributed by atoms with Gasteiger partial charge in [0.25, 0.3) is 10.0 Å². The molecule has 2 aromatic rings. The highest BCUT2D eigenvalue weighted by atomic mass is 32.2.